The van der Waals surface area contributed by atoms with Crippen molar-refractivity contribution in [2.75, 3.05) is 39.6 Å². The number of benzene rings is 3. The molecule has 0 saturated heterocycles. The Morgan fingerprint density at radius 3 is 0.491 bits per heavy atom. The number of unbranched alkanes of at least 4 members (excludes halogenated alkanes) is 54. The van der Waals surface area contributed by atoms with E-state index in [4.69, 9.17) is 42.0 Å². The number of hydrogen-bond acceptors (Lipinski definition) is 9. The molecule has 112 heavy (non-hydrogen) atoms. The van der Waals surface area contributed by atoms with Crippen molar-refractivity contribution in [3.8, 4) is 17.2 Å². The van der Waals surface area contributed by atoms with Crippen LogP contribution in [0.15, 0.2) is 54.6 Å². The Balaban J connectivity index is 2.21. The molecule has 0 aliphatic heterocycles. The van der Waals surface area contributed by atoms with Crippen LogP contribution < -0.4 is 13.6 Å². The maximum atomic E-state index is 7.63. The molecule has 0 bridgehead atoms. The zero-order valence-electron chi connectivity index (χ0n) is 76.0. The van der Waals surface area contributed by atoms with Crippen LogP contribution >= 0.6 is 8.60 Å². The SMILES string of the molecule is CCCCCCCCCCCCOC(C)c1cccc(OP(Oc2cccc(C(C)OCCCCCCCCCCCC)c2C(C)OCCCCCCCCCCCC)Oc2cccc(C(C)OCCCCCCCCCCCC)c2C(C)OCCCCCCCCCCCC)c1C(C)OCCCCCCCCCCCC. The van der Waals surface area contributed by atoms with Crippen molar-refractivity contribution in [3.63, 3.8) is 0 Å². The molecular weight excluding hydrogens is 1400 g/mol. The van der Waals surface area contributed by atoms with Gasteiger partial charge in [-0.05, 0) is 115 Å². The van der Waals surface area contributed by atoms with Gasteiger partial charge in [-0.3, -0.25) is 0 Å². The molecule has 3 aromatic carbocycles. The van der Waals surface area contributed by atoms with Crippen LogP contribution in [0.2, 0.25) is 0 Å². The second kappa shape index (κ2) is 74.5. The second-order valence-electron chi connectivity index (χ2n) is 33.9. The maximum absolute atomic E-state index is 7.63. The van der Waals surface area contributed by atoms with Crippen molar-refractivity contribution in [1.29, 1.82) is 0 Å². The Morgan fingerprint density at radius 2 is 0.330 bits per heavy atom. The predicted octanol–water partition coefficient (Wildman–Crippen LogP) is 35.4. The smallest absolute Gasteiger partial charge is 0.408 e. The predicted molar refractivity (Wildman–Crippen MR) is 485 cm³/mol. The van der Waals surface area contributed by atoms with E-state index in [2.05, 4.69) is 138 Å². The molecule has 10 heteroatoms. The van der Waals surface area contributed by atoms with Gasteiger partial charge >= 0.3 is 8.60 Å². The summed E-state index contributed by atoms with van der Waals surface area (Å²) in [6, 6.07) is 19.4. The molecular formula is C102H183O9P. The van der Waals surface area contributed by atoms with Gasteiger partial charge in [0.25, 0.3) is 0 Å². The average Bonchev–Trinajstić information content (AvgIpc) is 0.805. The van der Waals surface area contributed by atoms with E-state index in [1.165, 1.54) is 327 Å². The largest absolute Gasteiger partial charge is 0.530 e. The third-order valence-corrected chi connectivity index (χ3v) is 24.6. The monoisotopic (exact) mass is 1580 g/mol. The fourth-order valence-corrected chi connectivity index (χ4v) is 17.3. The Bertz CT molecular complexity index is 2250. The molecule has 6 unspecified atom stereocenters. The molecule has 0 aliphatic rings. The van der Waals surface area contributed by atoms with Crippen LogP contribution in [0.25, 0.3) is 0 Å². The maximum Gasteiger partial charge on any atom is 0.530 e. The first-order chi connectivity index (χ1) is 55.1. The fourth-order valence-electron chi connectivity index (χ4n) is 16.2. The summed E-state index contributed by atoms with van der Waals surface area (Å²) in [5, 5.41) is 0. The van der Waals surface area contributed by atoms with Crippen LogP contribution in [0, 0.1) is 0 Å². The minimum absolute atomic E-state index is 0.203. The van der Waals surface area contributed by atoms with E-state index >= 15 is 0 Å². The molecule has 0 saturated carbocycles. The number of rotatable bonds is 84. The quantitative estimate of drug-likeness (QED) is 0.0405. The minimum Gasteiger partial charge on any atom is -0.408 e. The molecule has 0 N–H and O–H groups in total. The molecule has 0 aliphatic carbocycles. The first-order valence-corrected chi connectivity index (χ1v) is 50.1. The molecule has 650 valence electrons. The lowest BCUT2D eigenvalue weighted by molar-refractivity contribution is 0.0453. The van der Waals surface area contributed by atoms with Crippen molar-refractivity contribution in [2.45, 2.75) is 505 Å². The molecule has 3 aromatic rings. The van der Waals surface area contributed by atoms with Crippen LogP contribution in [0.1, 0.15) is 538 Å². The van der Waals surface area contributed by atoms with Gasteiger partial charge in [0.15, 0.2) is 0 Å². The molecule has 0 heterocycles. The van der Waals surface area contributed by atoms with Crippen LogP contribution in [0.4, 0.5) is 0 Å². The fraction of sp³-hybridized carbons (Fsp3) is 0.824. The lowest BCUT2D eigenvalue weighted by atomic mass is 9.98. The highest BCUT2D eigenvalue weighted by molar-refractivity contribution is 7.43. The van der Waals surface area contributed by atoms with Gasteiger partial charge in [-0.15, -0.1) is 0 Å². The van der Waals surface area contributed by atoms with E-state index in [1.807, 2.05) is 0 Å². The van der Waals surface area contributed by atoms with E-state index in [0.29, 0.717) is 56.9 Å². The average molecular weight is 1580 g/mol. The standard InChI is InChI=1S/C102H183O9P/c1-13-19-25-31-37-43-49-55-61-67-82-103-88(7)94-76-73-79-97(100(94)91(10)106-85-70-64-58-52-46-40-34-28-22-16-4)109-112(110-98-80-74-77-95(89(8)104-83-68-62-56-50-44-38-32-26-20-14-2)101(98)92(11)107-86-71-65-59-53-47-41-35-29-23-17-5)111-99-81-75-78-96(90(9)105-84-69-63-57-51-45-39-33-27-21-15-3)102(99)93(12)108-87-72-66-60-54-48-42-36-30-24-18-6/h73-81,88-93H,13-72,82-87H2,1-12H3. The van der Waals surface area contributed by atoms with Gasteiger partial charge in [-0.25, -0.2) is 0 Å². The molecule has 6 atom stereocenters. The van der Waals surface area contributed by atoms with Gasteiger partial charge in [0, 0.05) is 56.3 Å². The van der Waals surface area contributed by atoms with Gasteiger partial charge in [-0.2, -0.15) is 0 Å². The number of ether oxygens (including phenoxy) is 6. The Kier molecular flexibility index (Phi) is 68.8. The van der Waals surface area contributed by atoms with Crippen molar-refractivity contribution in [3.05, 3.63) is 88.0 Å². The van der Waals surface area contributed by atoms with Crippen LogP contribution in [0.3, 0.4) is 0 Å². The van der Waals surface area contributed by atoms with Crippen molar-refractivity contribution >= 4 is 8.60 Å². The van der Waals surface area contributed by atoms with Gasteiger partial charge in [0.05, 0.1) is 36.6 Å². The third kappa shape index (κ3) is 51.6. The van der Waals surface area contributed by atoms with Crippen molar-refractivity contribution in [1.82, 2.24) is 0 Å². The highest BCUT2D eigenvalue weighted by Gasteiger charge is 2.32. The summed E-state index contributed by atoms with van der Waals surface area (Å²) in [6.07, 6.45) is 75.4. The summed E-state index contributed by atoms with van der Waals surface area (Å²) in [4.78, 5) is 0. The topological polar surface area (TPSA) is 83.1 Å². The highest BCUT2D eigenvalue weighted by Crippen LogP contribution is 2.51. The van der Waals surface area contributed by atoms with E-state index in [9.17, 15) is 0 Å². The third-order valence-electron chi connectivity index (χ3n) is 23.5. The summed E-state index contributed by atoms with van der Waals surface area (Å²) < 4.78 is 64.6. The first-order valence-electron chi connectivity index (χ1n) is 49.0. The first kappa shape index (κ1) is 103. The Hall–Kier alpha value is -2.75. The zero-order chi connectivity index (χ0) is 80.6. The summed E-state index contributed by atoms with van der Waals surface area (Å²) >= 11 is 0. The van der Waals surface area contributed by atoms with Crippen LogP contribution in [0.5, 0.6) is 17.2 Å². The Labute approximate surface area is 696 Å². The summed E-state index contributed by atoms with van der Waals surface area (Å²) in [6.45, 7) is 31.2. The van der Waals surface area contributed by atoms with E-state index < -0.39 is 8.60 Å². The lowest BCUT2D eigenvalue weighted by Gasteiger charge is -2.29. The molecule has 0 amide bonds. The highest BCUT2D eigenvalue weighted by atomic mass is 31.2. The van der Waals surface area contributed by atoms with Crippen LogP contribution in [-0.2, 0) is 28.4 Å². The normalized spacial score (nSPS) is 13.7. The second-order valence-corrected chi connectivity index (χ2v) is 34.9. The molecule has 0 fully saturated rings. The Morgan fingerprint density at radius 1 is 0.188 bits per heavy atom. The van der Waals surface area contributed by atoms with Gasteiger partial charge in [0.2, 0.25) is 0 Å². The van der Waals surface area contributed by atoms with Gasteiger partial charge in [-0.1, -0.05) is 425 Å². The molecule has 3 rings (SSSR count). The van der Waals surface area contributed by atoms with Gasteiger partial charge in [0.1, 0.15) is 17.2 Å². The summed E-state index contributed by atoms with van der Waals surface area (Å²) in [5.41, 5.74) is 6.17. The summed E-state index contributed by atoms with van der Waals surface area (Å²) in [5.74, 6) is 2.04. The molecule has 0 radical (unpaired) electrons. The van der Waals surface area contributed by atoms with Crippen molar-refractivity contribution in [2.24, 2.45) is 0 Å². The van der Waals surface area contributed by atoms with E-state index in [0.717, 1.165) is 91.2 Å². The minimum atomic E-state index is -2.26. The number of hydrogen-bond donors (Lipinski definition) is 0. The molecule has 0 aromatic heterocycles. The van der Waals surface area contributed by atoms with Crippen LogP contribution in [-0.4, -0.2) is 39.6 Å². The zero-order valence-corrected chi connectivity index (χ0v) is 76.8. The lowest BCUT2D eigenvalue weighted by Crippen LogP contribution is -2.15. The summed E-state index contributed by atoms with van der Waals surface area (Å²) in [7, 11) is -2.26. The van der Waals surface area contributed by atoms with Crippen molar-refractivity contribution < 1.29 is 42.0 Å². The molecule has 0 spiro atoms. The van der Waals surface area contributed by atoms with Gasteiger partial charge < -0.3 is 42.0 Å². The van der Waals surface area contributed by atoms with E-state index in [1.54, 1.807) is 0 Å². The molecule has 9 nitrogen and oxygen atoms in total. The van der Waals surface area contributed by atoms with E-state index in [-0.39, 0.29) is 36.6 Å².